The Kier molecular flexibility index (Phi) is 5.94. The summed E-state index contributed by atoms with van der Waals surface area (Å²) < 4.78 is 5.16. The van der Waals surface area contributed by atoms with E-state index in [1.165, 1.54) is 11.3 Å². The molecule has 0 aliphatic carbocycles. The quantitative estimate of drug-likeness (QED) is 0.564. The number of nitrogens with zero attached hydrogens (tertiary/aromatic N) is 3. The fraction of sp³-hybridized carbons (Fsp3) is 0.714. The molecule has 1 aromatic rings. The van der Waals surface area contributed by atoms with E-state index in [2.05, 4.69) is 15.5 Å². The molecule has 1 aliphatic heterocycles. The number of urea groups is 1. The number of rotatable bonds is 3. The van der Waals surface area contributed by atoms with Crippen molar-refractivity contribution in [2.45, 2.75) is 58.2 Å². The summed E-state index contributed by atoms with van der Waals surface area (Å²) in [5.41, 5.74) is 1.11. The summed E-state index contributed by atoms with van der Waals surface area (Å²) in [7, 11) is 0. The Morgan fingerprint density at radius 1 is 1.38 bits per heavy atom. The normalized spacial score (nSPS) is 18.2. The molecule has 0 spiro atoms. The maximum Gasteiger partial charge on any atom is 0.408 e. The Bertz CT molecular complexity index is 586. The van der Waals surface area contributed by atoms with Crippen LogP contribution in [-0.2, 0) is 11.3 Å². The van der Waals surface area contributed by atoms with Gasteiger partial charge in [0.05, 0.1) is 12.6 Å². The minimum atomic E-state index is -0.559. The second-order valence-corrected chi connectivity index (χ2v) is 7.61. The molecule has 2 rings (SSSR count). The number of ether oxygens (including phenoxy) is 1. The maximum atomic E-state index is 11.8. The molecule has 3 amide bonds. The van der Waals surface area contributed by atoms with Gasteiger partial charge in [-0.15, -0.1) is 10.2 Å². The molecule has 0 bridgehead atoms. The molecule has 0 unspecified atom stereocenters. The number of hydrogen-bond donors (Lipinski definition) is 3. The van der Waals surface area contributed by atoms with Gasteiger partial charge in [-0.1, -0.05) is 11.3 Å². The van der Waals surface area contributed by atoms with Crippen molar-refractivity contribution < 1.29 is 19.5 Å². The van der Waals surface area contributed by atoms with Gasteiger partial charge in [-0.2, -0.15) is 0 Å². The zero-order chi connectivity index (χ0) is 17.7. The minimum Gasteiger partial charge on any atom is -0.444 e. The lowest BCUT2D eigenvalue weighted by molar-refractivity contribution is 0.0523. The molecule has 1 aromatic heterocycles. The van der Waals surface area contributed by atoms with Crippen LogP contribution in [0.5, 0.6) is 0 Å². The largest absolute Gasteiger partial charge is 0.444 e. The molecule has 1 atom stereocenters. The molecular formula is C14H23N5O4S. The Labute approximate surface area is 144 Å². The fourth-order valence-electron chi connectivity index (χ4n) is 2.43. The van der Waals surface area contributed by atoms with Gasteiger partial charge in [-0.3, -0.25) is 5.21 Å². The smallest absolute Gasteiger partial charge is 0.408 e. The lowest BCUT2D eigenvalue weighted by Crippen LogP contribution is -2.43. The number of hydrogen-bond acceptors (Lipinski definition) is 7. The van der Waals surface area contributed by atoms with E-state index in [1.807, 2.05) is 0 Å². The van der Waals surface area contributed by atoms with E-state index in [1.54, 1.807) is 31.2 Å². The summed E-state index contributed by atoms with van der Waals surface area (Å²) >= 11 is 1.34. The molecule has 24 heavy (non-hydrogen) atoms. The van der Waals surface area contributed by atoms with Crippen LogP contribution in [0.1, 0.15) is 56.1 Å². The lowest BCUT2D eigenvalue weighted by Gasteiger charge is -2.33. The standard InChI is InChI=1S/C14H23N5O4S/c1-14(2,3)23-13(21)15-8-10-16-17-11(24-10)9-6-4-5-7-19(9)12(20)18-22/h9,22H,4-8H2,1-3H3,(H,15,21)(H,18,20)/t9-/m0/s1. The average molecular weight is 357 g/mol. The minimum absolute atomic E-state index is 0.210. The van der Waals surface area contributed by atoms with E-state index in [9.17, 15) is 9.59 Å². The van der Waals surface area contributed by atoms with Gasteiger partial charge in [0.2, 0.25) is 0 Å². The SMILES string of the molecule is CC(C)(C)OC(=O)NCc1nnc([C@@H]2CCCCN2C(=O)NO)s1. The van der Waals surface area contributed by atoms with Crippen LogP contribution in [0.25, 0.3) is 0 Å². The van der Waals surface area contributed by atoms with Crippen molar-refractivity contribution in [3.8, 4) is 0 Å². The van der Waals surface area contributed by atoms with Crippen molar-refractivity contribution >= 4 is 23.5 Å². The number of alkyl carbamates (subject to hydrolysis) is 1. The molecule has 0 aromatic carbocycles. The predicted molar refractivity (Wildman–Crippen MR) is 86.6 cm³/mol. The molecule has 2 heterocycles. The monoisotopic (exact) mass is 357 g/mol. The average Bonchev–Trinajstić information content (AvgIpc) is 2.99. The third-order valence-electron chi connectivity index (χ3n) is 3.41. The number of carbonyl (C=O) groups excluding carboxylic acids is 2. The molecule has 1 fully saturated rings. The summed E-state index contributed by atoms with van der Waals surface area (Å²) in [5, 5.41) is 21.0. The molecule has 134 valence electrons. The number of likely N-dealkylation sites (tertiary alicyclic amines) is 1. The summed E-state index contributed by atoms with van der Waals surface area (Å²) in [4.78, 5) is 25.0. The zero-order valence-corrected chi connectivity index (χ0v) is 14.9. The highest BCUT2D eigenvalue weighted by molar-refractivity contribution is 7.11. The van der Waals surface area contributed by atoms with Gasteiger partial charge in [-0.05, 0) is 40.0 Å². The summed E-state index contributed by atoms with van der Waals surface area (Å²) in [6.45, 7) is 6.14. The first-order valence-corrected chi connectivity index (χ1v) is 8.61. The van der Waals surface area contributed by atoms with Crippen LogP contribution in [0.4, 0.5) is 9.59 Å². The van der Waals surface area contributed by atoms with Crippen molar-refractivity contribution in [3.63, 3.8) is 0 Å². The first kappa shape index (κ1) is 18.4. The highest BCUT2D eigenvalue weighted by atomic mass is 32.1. The summed E-state index contributed by atoms with van der Waals surface area (Å²) in [5.74, 6) is 0. The predicted octanol–water partition coefficient (Wildman–Crippen LogP) is 2.19. The first-order valence-electron chi connectivity index (χ1n) is 7.80. The summed E-state index contributed by atoms with van der Waals surface area (Å²) in [6.07, 6.45) is 2.11. The first-order chi connectivity index (χ1) is 11.3. The van der Waals surface area contributed by atoms with Crippen LogP contribution in [0.2, 0.25) is 0 Å². The van der Waals surface area contributed by atoms with Gasteiger partial charge in [0.1, 0.15) is 15.6 Å². The number of carbonyl (C=O) groups is 2. The number of aromatic nitrogens is 2. The molecule has 0 radical (unpaired) electrons. The van der Waals surface area contributed by atoms with Gasteiger partial charge in [0.25, 0.3) is 0 Å². The van der Waals surface area contributed by atoms with E-state index >= 15 is 0 Å². The number of piperidine rings is 1. The highest BCUT2D eigenvalue weighted by Crippen LogP contribution is 2.32. The van der Waals surface area contributed by atoms with E-state index in [-0.39, 0.29) is 12.6 Å². The van der Waals surface area contributed by atoms with Gasteiger partial charge in [-0.25, -0.2) is 15.1 Å². The van der Waals surface area contributed by atoms with Crippen LogP contribution in [0, 0.1) is 0 Å². The second-order valence-electron chi connectivity index (χ2n) is 6.51. The van der Waals surface area contributed by atoms with E-state index in [4.69, 9.17) is 9.94 Å². The molecule has 10 heteroatoms. The van der Waals surface area contributed by atoms with Crippen LogP contribution in [0.15, 0.2) is 0 Å². The van der Waals surface area contributed by atoms with Crippen molar-refractivity contribution in [3.05, 3.63) is 10.0 Å². The van der Waals surface area contributed by atoms with Crippen LogP contribution < -0.4 is 10.8 Å². The number of nitrogens with one attached hydrogen (secondary N) is 2. The Hall–Kier alpha value is -1.94. The highest BCUT2D eigenvalue weighted by Gasteiger charge is 2.30. The lowest BCUT2D eigenvalue weighted by atomic mass is 10.0. The maximum absolute atomic E-state index is 11.8. The fourth-order valence-corrected chi connectivity index (χ4v) is 3.36. The Morgan fingerprint density at radius 2 is 2.12 bits per heavy atom. The molecule has 0 saturated carbocycles. The van der Waals surface area contributed by atoms with E-state index in [0.29, 0.717) is 16.6 Å². The molecule has 1 aliphatic rings. The van der Waals surface area contributed by atoms with Gasteiger partial charge < -0.3 is 15.0 Å². The molecule has 9 nitrogen and oxygen atoms in total. The third kappa shape index (κ3) is 5.03. The van der Waals surface area contributed by atoms with Crippen molar-refractivity contribution in [2.75, 3.05) is 6.54 Å². The molecular weight excluding hydrogens is 334 g/mol. The second kappa shape index (κ2) is 7.75. The zero-order valence-electron chi connectivity index (χ0n) is 14.0. The van der Waals surface area contributed by atoms with Gasteiger partial charge in [0.15, 0.2) is 0 Å². The Morgan fingerprint density at radius 3 is 2.79 bits per heavy atom. The number of amides is 3. The molecule has 3 N–H and O–H groups in total. The van der Waals surface area contributed by atoms with Crippen LogP contribution in [0.3, 0.4) is 0 Å². The third-order valence-corrected chi connectivity index (χ3v) is 4.43. The summed E-state index contributed by atoms with van der Waals surface area (Å²) in [6, 6.07) is -0.748. The number of hydroxylamine groups is 1. The Balaban J connectivity index is 1.96. The van der Waals surface area contributed by atoms with Crippen molar-refractivity contribution in [1.82, 2.24) is 25.9 Å². The van der Waals surface area contributed by atoms with Crippen molar-refractivity contribution in [1.29, 1.82) is 0 Å². The van der Waals surface area contributed by atoms with Crippen LogP contribution in [-0.4, -0.2) is 44.6 Å². The molecule has 1 saturated heterocycles. The van der Waals surface area contributed by atoms with Crippen LogP contribution >= 0.6 is 11.3 Å². The van der Waals surface area contributed by atoms with E-state index < -0.39 is 17.7 Å². The topological polar surface area (TPSA) is 117 Å². The van der Waals surface area contributed by atoms with E-state index in [0.717, 1.165) is 19.3 Å². The van der Waals surface area contributed by atoms with Gasteiger partial charge in [0, 0.05) is 6.54 Å². The van der Waals surface area contributed by atoms with Gasteiger partial charge >= 0.3 is 12.1 Å². The van der Waals surface area contributed by atoms with Crippen molar-refractivity contribution in [2.24, 2.45) is 0 Å².